The van der Waals surface area contributed by atoms with Crippen molar-refractivity contribution in [3.8, 4) is 0 Å². The van der Waals surface area contributed by atoms with Crippen LogP contribution in [0.2, 0.25) is 0 Å². The van der Waals surface area contributed by atoms with Crippen LogP contribution in [0.25, 0.3) is 0 Å². The summed E-state index contributed by atoms with van der Waals surface area (Å²) in [6.45, 7) is 5.97. The molecule has 0 atom stereocenters. The standard InChI is InChI=1S/C22H27N5O2/c28-21(26-11-13-29-14-12-26)27-16-18-3-1-2-4-19(18)22(17-27)5-9-25(10-6-22)20-15-23-7-8-24-20/h1-4,7-8,15H,5-6,9-14,16-17H2. The minimum absolute atomic E-state index is 0.00942. The maximum atomic E-state index is 13.2. The fourth-order valence-electron chi connectivity index (χ4n) is 5.02. The molecule has 0 N–H and O–H groups in total. The van der Waals surface area contributed by atoms with Crippen molar-refractivity contribution in [3.05, 3.63) is 54.0 Å². The lowest BCUT2D eigenvalue weighted by Gasteiger charge is -2.49. The minimum atomic E-state index is 0.00942. The van der Waals surface area contributed by atoms with E-state index in [1.807, 2.05) is 11.1 Å². The second-order valence-electron chi connectivity index (χ2n) is 8.23. The molecule has 3 aliphatic heterocycles. The molecule has 7 nitrogen and oxygen atoms in total. The topological polar surface area (TPSA) is 61.8 Å². The predicted octanol–water partition coefficient (Wildman–Crippen LogP) is 2.28. The third-order valence-corrected chi connectivity index (χ3v) is 6.59. The van der Waals surface area contributed by atoms with E-state index in [1.54, 1.807) is 12.4 Å². The first-order valence-corrected chi connectivity index (χ1v) is 10.5. The van der Waals surface area contributed by atoms with Gasteiger partial charge >= 0.3 is 6.03 Å². The number of aromatic nitrogens is 2. The number of fused-ring (bicyclic) bond motifs is 2. The van der Waals surface area contributed by atoms with Crippen LogP contribution in [0.4, 0.5) is 10.6 Å². The van der Waals surface area contributed by atoms with Crippen LogP contribution >= 0.6 is 0 Å². The van der Waals surface area contributed by atoms with Crippen LogP contribution < -0.4 is 4.90 Å². The van der Waals surface area contributed by atoms with Gasteiger partial charge in [0, 0.05) is 57.1 Å². The number of rotatable bonds is 1. The van der Waals surface area contributed by atoms with E-state index < -0.39 is 0 Å². The van der Waals surface area contributed by atoms with Gasteiger partial charge in [-0.3, -0.25) is 4.98 Å². The smallest absolute Gasteiger partial charge is 0.320 e. The summed E-state index contributed by atoms with van der Waals surface area (Å²) < 4.78 is 5.43. The van der Waals surface area contributed by atoms with Crippen molar-refractivity contribution in [2.24, 2.45) is 0 Å². The Morgan fingerprint density at radius 2 is 1.79 bits per heavy atom. The molecule has 152 valence electrons. The summed E-state index contributed by atoms with van der Waals surface area (Å²) in [5.41, 5.74) is 2.72. The Hall–Kier alpha value is -2.67. The number of benzene rings is 1. The molecular weight excluding hydrogens is 366 g/mol. The van der Waals surface area contributed by atoms with Gasteiger partial charge < -0.3 is 19.4 Å². The Balaban J connectivity index is 1.39. The average molecular weight is 393 g/mol. The zero-order chi connectivity index (χ0) is 19.7. The second kappa shape index (κ2) is 7.63. The quantitative estimate of drug-likeness (QED) is 0.744. The molecule has 0 aliphatic carbocycles. The summed E-state index contributed by atoms with van der Waals surface area (Å²) in [5, 5.41) is 0. The van der Waals surface area contributed by atoms with Crippen LogP contribution in [-0.4, -0.2) is 71.7 Å². The number of hydrogen-bond acceptors (Lipinski definition) is 5. The minimum Gasteiger partial charge on any atom is -0.378 e. The SMILES string of the molecule is O=C(N1CCOCC1)N1Cc2ccccc2C2(CCN(c3cnccn3)CC2)C1. The third kappa shape index (κ3) is 3.44. The number of piperidine rings is 1. The molecule has 29 heavy (non-hydrogen) atoms. The van der Waals surface area contributed by atoms with Crippen LogP contribution in [0, 0.1) is 0 Å². The van der Waals surface area contributed by atoms with Gasteiger partial charge in [-0.05, 0) is 24.0 Å². The van der Waals surface area contributed by atoms with Crippen LogP contribution in [0.15, 0.2) is 42.9 Å². The molecule has 2 fully saturated rings. The maximum Gasteiger partial charge on any atom is 0.320 e. The van der Waals surface area contributed by atoms with Crippen LogP contribution in [0.3, 0.4) is 0 Å². The lowest BCUT2D eigenvalue weighted by Crippen LogP contribution is -2.56. The van der Waals surface area contributed by atoms with Gasteiger partial charge in [0.25, 0.3) is 0 Å². The Morgan fingerprint density at radius 3 is 2.55 bits per heavy atom. The number of anilines is 1. The summed E-state index contributed by atoms with van der Waals surface area (Å²) >= 11 is 0. The maximum absolute atomic E-state index is 13.2. The van der Waals surface area contributed by atoms with Crippen molar-refractivity contribution in [1.82, 2.24) is 19.8 Å². The first-order valence-electron chi connectivity index (χ1n) is 10.5. The molecule has 2 aromatic rings. The number of carbonyl (C=O) groups is 1. The molecule has 3 aliphatic rings. The summed E-state index contributed by atoms with van der Waals surface area (Å²) in [5.74, 6) is 0.938. The van der Waals surface area contributed by atoms with Gasteiger partial charge in [0.15, 0.2) is 0 Å². The zero-order valence-electron chi connectivity index (χ0n) is 16.7. The van der Waals surface area contributed by atoms with Crippen molar-refractivity contribution in [2.75, 3.05) is 50.8 Å². The van der Waals surface area contributed by atoms with E-state index in [9.17, 15) is 4.79 Å². The number of amides is 2. The van der Waals surface area contributed by atoms with E-state index in [4.69, 9.17) is 4.74 Å². The molecule has 1 aromatic heterocycles. The van der Waals surface area contributed by atoms with Crippen molar-refractivity contribution in [1.29, 1.82) is 0 Å². The number of urea groups is 1. The van der Waals surface area contributed by atoms with Gasteiger partial charge in [0.1, 0.15) is 5.82 Å². The molecule has 7 heteroatoms. The van der Waals surface area contributed by atoms with E-state index >= 15 is 0 Å². The molecule has 2 amide bonds. The number of nitrogens with zero attached hydrogens (tertiary/aromatic N) is 5. The van der Waals surface area contributed by atoms with Crippen LogP contribution in [0.5, 0.6) is 0 Å². The van der Waals surface area contributed by atoms with Gasteiger partial charge in [-0.1, -0.05) is 24.3 Å². The molecule has 0 bridgehead atoms. The lowest BCUT2D eigenvalue weighted by atomic mass is 9.69. The van der Waals surface area contributed by atoms with Gasteiger partial charge in [0.05, 0.1) is 19.4 Å². The Kier molecular flexibility index (Phi) is 4.83. The van der Waals surface area contributed by atoms with Gasteiger partial charge in [-0.2, -0.15) is 0 Å². The Bertz CT molecular complexity index is 861. The zero-order valence-corrected chi connectivity index (χ0v) is 16.7. The summed E-state index contributed by atoms with van der Waals surface area (Å²) in [7, 11) is 0. The Labute approximate surface area is 171 Å². The molecular formula is C22H27N5O2. The molecule has 1 spiro atoms. The molecule has 2 saturated heterocycles. The van der Waals surface area contributed by atoms with Crippen LogP contribution in [-0.2, 0) is 16.7 Å². The molecule has 1 aromatic carbocycles. The van der Waals surface area contributed by atoms with Crippen molar-refractivity contribution in [2.45, 2.75) is 24.8 Å². The van der Waals surface area contributed by atoms with E-state index in [1.165, 1.54) is 11.1 Å². The molecule has 4 heterocycles. The number of morpholine rings is 1. The number of ether oxygens (including phenoxy) is 1. The van der Waals surface area contributed by atoms with Gasteiger partial charge in [-0.15, -0.1) is 0 Å². The highest BCUT2D eigenvalue weighted by molar-refractivity contribution is 5.75. The largest absolute Gasteiger partial charge is 0.378 e. The number of hydrogen-bond donors (Lipinski definition) is 0. The highest BCUT2D eigenvalue weighted by atomic mass is 16.5. The highest BCUT2D eigenvalue weighted by Crippen LogP contribution is 2.42. The summed E-state index contributed by atoms with van der Waals surface area (Å²) in [6, 6.07) is 8.83. The third-order valence-electron chi connectivity index (χ3n) is 6.59. The molecule has 0 unspecified atom stereocenters. The lowest BCUT2D eigenvalue weighted by molar-refractivity contribution is 0.0379. The van der Waals surface area contributed by atoms with Crippen molar-refractivity contribution < 1.29 is 9.53 Å². The second-order valence-corrected chi connectivity index (χ2v) is 8.23. The van der Waals surface area contributed by atoms with E-state index in [2.05, 4.69) is 44.0 Å². The fourth-order valence-corrected chi connectivity index (χ4v) is 5.02. The van der Waals surface area contributed by atoms with E-state index in [0.717, 1.165) is 38.3 Å². The van der Waals surface area contributed by atoms with E-state index in [0.29, 0.717) is 32.8 Å². The van der Waals surface area contributed by atoms with Crippen LogP contribution in [0.1, 0.15) is 24.0 Å². The Morgan fingerprint density at radius 1 is 1.00 bits per heavy atom. The first-order chi connectivity index (χ1) is 14.3. The molecule has 0 saturated carbocycles. The summed E-state index contributed by atoms with van der Waals surface area (Å²) in [4.78, 5) is 28.2. The predicted molar refractivity (Wildman–Crippen MR) is 110 cm³/mol. The average Bonchev–Trinajstić information content (AvgIpc) is 2.80. The summed E-state index contributed by atoms with van der Waals surface area (Å²) in [6.07, 6.45) is 7.31. The first kappa shape index (κ1) is 18.4. The highest BCUT2D eigenvalue weighted by Gasteiger charge is 2.44. The van der Waals surface area contributed by atoms with Gasteiger partial charge in [-0.25, -0.2) is 9.78 Å². The molecule has 0 radical (unpaired) electrons. The number of carbonyl (C=O) groups excluding carboxylic acids is 1. The van der Waals surface area contributed by atoms with Crippen molar-refractivity contribution in [3.63, 3.8) is 0 Å². The fraction of sp³-hybridized carbons (Fsp3) is 0.500. The normalized spacial score (nSPS) is 21.2. The van der Waals surface area contributed by atoms with Gasteiger partial charge in [0.2, 0.25) is 0 Å². The van der Waals surface area contributed by atoms with E-state index in [-0.39, 0.29) is 11.4 Å². The molecule has 5 rings (SSSR count). The monoisotopic (exact) mass is 393 g/mol. The van der Waals surface area contributed by atoms with Crippen molar-refractivity contribution >= 4 is 11.8 Å².